The van der Waals surface area contributed by atoms with E-state index in [0.717, 1.165) is 27.7 Å². The van der Waals surface area contributed by atoms with Gasteiger partial charge in [-0.05, 0) is 42.7 Å². The Kier molecular flexibility index (Phi) is 3.72. The normalized spacial score (nSPS) is 11.8. The SMILES string of the molecule is Cc1ccc2[nH]c(O)c(C=Nc3ccc(C(C)C)cc3)c2c1. The van der Waals surface area contributed by atoms with Crippen molar-refractivity contribution in [1.29, 1.82) is 0 Å². The molecule has 3 rings (SSSR count). The van der Waals surface area contributed by atoms with Gasteiger partial charge in [-0.2, -0.15) is 0 Å². The molecule has 112 valence electrons. The number of aliphatic imine (C=N–C) groups is 1. The zero-order chi connectivity index (χ0) is 15.7. The summed E-state index contributed by atoms with van der Waals surface area (Å²) in [4.78, 5) is 7.46. The van der Waals surface area contributed by atoms with Gasteiger partial charge in [-0.15, -0.1) is 0 Å². The lowest BCUT2D eigenvalue weighted by molar-refractivity contribution is 0.457. The predicted molar refractivity (Wildman–Crippen MR) is 92.5 cm³/mol. The molecular formula is C19H20N2O. The largest absolute Gasteiger partial charge is 0.494 e. The topological polar surface area (TPSA) is 48.4 Å². The van der Waals surface area contributed by atoms with Gasteiger partial charge in [0.05, 0.1) is 11.3 Å². The molecule has 0 amide bonds. The minimum Gasteiger partial charge on any atom is -0.494 e. The Morgan fingerprint density at radius 3 is 2.50 bits per heavy atom. The highest BCUT2D eigenvalue weighted by molar-refractivity contribution is 6.02. The summed E-state index contributed by atoms with van der Waals surface area (Å²) in [5.74, 6) is 0.668. The third kappa shape index (κ3) is 2.75. The highest BCUT2D eigenvalue weighted by Crippen LogP contribution is 2.27. The Labute approximate surface area is 130 Å². The summed E-state index contributed by atoms with van der Waals surface area (Å²) in [5.41, 5.74) is 4.98. The van der Waals surface area contributed by atoms with Crippen molar-refractivity contribution in [3.8, 4) is 5.88 Å². The number of hydrogen-bond acceptors (Lipinski definition) is 2. The van der Waals surface area contributed by atoms with Gasteiger partial charge in [-0.1, -0.05) is 37.6 Å². The third-order valence-electron chi connectivity index (χ3n) is 3.88. The number of H-pyrrole nitrogens is 1. The van der Waals surface area contributed by atoms with Crippen LogP contribution in [0.3, 0.4) is 0 Å². The molecule has 0 unspecified atom stereocenters. The van der Waals surface area contributed by atoms with Gasteiger partial charge in [0.25, 0.3) is 0 Å². The third-order valence-corrected chi connectivity index (χ3v) is 3.88. The number of hydrogen-bond donors (Lipinski definition) is 2. The number of aromatic hydroxyl groups is 1. The molecule has 3 heteroatoms. The number of aryl methyl sites for hydroxylation is 1. The monoisotopic (exact) mass is 292 g/mol. The van der Waals surface area contributed by atoms with Crippen molar-refractivity contribution in [2.75, 3.05) is 0 Å². The summed E-state index contributed by atoms with van der Waals surface area (Å²) in [7, 11) is 0. The van der Waals surface area contributed by atoms with Gasteiger partial charge in [0.2, 0.25) is 0 Å². The van der Waals surface area contributed by atoms with Crippen LogP contribution in [-0.4, -0.2) is 16.3 Å². The molecule has 0 saturated carbocycles. The zero-order valence-corrected chi connectivity index (χ0v) is 13.1. The fourth-order valence-corrected chi connectivity index (χ4v) is 2.53. The van der Waals surface area contributed by atoms with Crippen LogP contribution in [0.4, 0.5) is 5.69 Å². The van der Waals surface area contributed by atoms with Crippen molar-refractivity contribution in [3.63, 3.8) is 0 Å². The number of aromatic amines is 1. The summed E-state index contributed by atoms with van der Waals surface area (Å²) >= 11 is 0. The van der Waals surface area contributed by atoms with E-state index in [1.165, 1.54) is 5.56 Å². The molecule has 22 heavy (non-hydrogen) atoms. The minimum absolute atomic E-state index is 0.156. The first kappa shape index (κ1) is 14.4. The maximum atomic E-state index is 10.1. The minimum atomic E-state index is 0.156. The highest BCUT2D eigenvalue weighted by Gasteiger charge is 2.08. The van der Waals surface area contributed by atoms with Gasteiger partial charge in [-0.3, -0.25) is 4.99 Å². The molecule has 0 aliphatic rings. The molecule has 0 aliphatic carbocycles. The van der Waals surface area contributed by atoms with E-state index >= 15 is 0 Å². The van der Waals surface area contributed by atoms with Crippen LogP contribution in [-0.2, 0) is 0 Å². The van der Waals surface area contributed by atoms with Gasteiger partial charge in [-0.25, -0.2) is 0 Å². The second-order valence-electron chi connectivity index (χ2n) is 5.94. The predicted octanol–water partition coefficient (Wildman–Crippen LogP) is 5.06. The van der Waals surface area contributed by atoms with Crippen molar-refractivity contribution < 1.29 is 5.11 Å². The number of fused-ring (bicyclic) bond motifs is 1. The number of rotatable bonds is 3. The van der Waals surface area contributed by atoms with Gasteiger partial charge in [0.15, 0.2) is 5.88 Å². The average molecular weight is 292 g/mol. The highest BCUT2D eigenvalue weighted by atomic mass is 16.3. The summed E-state index contributed by atoms with van der Waals surface area (Å²) in [6, 6.07) is 14.2. The quantitative estimate of drug-likeness (QED) is 0.651. The van der Waals surface area contributed by atoms with Crippen molar-refractivity contribution >= 4 is 22.8 Å². The lowest BCUT2D eigenvalue weighted by atomic mass is 10.0. The van der Waals surface area contributed by atoms with Gasteiger partial charge in [0, 0.05) is 17.1 Å². The molecule has 1 heterocycles. The Bertz CT molecular complexity index is 827. The van der Waals surface area contributed by atoms with E-state index in [-0.39, 0.29) is 5.88 Å². The van der Waals surface area contributed by atoms with Crippen molar-refractivity contribution in [2.24, 2.45) is 4.99 Å². The molecule has 0 fully saturated rings. The molecule has 0 radical (unpaired) electrons. The van der Waals surface area contributed by atoms with Crippen LogP contribution in [0.5, 0.6) is 5.88 Å². The molecule has 0 atom stereocenters. The van der Waals surface area contributed by atoms with E-state index in [4.69, 9.17) is 0 Å². The standard InChI is InChI=1S/C19H20N2O/c1-12(2)14-5-7-15(8-6-14)20-11-17-16-10-13(3)4-9-18(16)21-19(17)22/h4-12,21-22H,1-3H3. The molecule has 1 aromatic heterocycles. The smallest absolute Gasteiger partial charge is 0.198 e. The zero-order valence-electron chi connectivity index (χ0n) is 13.1. The Hall–Kier alpha value is -2.55. The maximum Gasteiger partial charge on any atom is 0.198 e. The van der Waals surface area contributed by atoms with E-state index < -0.39 is 0 Å². The Morgan fingerprint density at radius 1 is 1.09 bits per heavy atom. The van der Waals surface area contributed by atoms with Crippen LogP contribution in [0.2, 0.25) is 0 Å². The van der Waals surface area contributed by atoms with Crippen LogP contribution < -0.4 is 0 Å². The number of nitrogens with one attached hydrogen (secondary N) is 1. The van der Waals surface area contributed by atoms with Crippen LogP contribution in [0, 0.1) is 6.92 Å². The molecule has 0 aliphatic heterocycles. The van der Waals surface area contributed by atoms with Gasteiger partial charge < -0.3 is 10.1 Å². The molecular weight excluding hydrogens is 272 g/mol. The Morgan fingerprint density at radius 2 is 1.82 bits per heavy atom. The van der Waals surface area contributed by atoms with E-state index in [1.807, 2.05) is 31.2 Å². The van der Waals surface area contributed by atoms with Crippen LogP contribution in [0.25, 0.3) is 10.9 Å². The van der Waals surface area contributed by atoms with Crippen molar-refractivity contribution in [2.45, 2.75) is 26.7 Å². The van der Waals surface area contributed by atoms with Crippen LogP contribution in [0.1, 0.15) is 36.5 Å². The molecule has 3 aromatic rings. The van der Waals surface area contributed by atoms with Gasteiger partial charge in [0.1, 0.15) is 0 Å². The fourth-order valence-electron chi connectivity index (χ4n) is 2.53. The van der Waals surface area contributed by atoms with E-state index in [2.05, 4.69) is 42.0 Å². The second-order valence-corrected chi connectivity index (χ2v) is 5.94. The summed E-state index contributed by atoms with van der Waals surface area (Å²) in [6.45, 7) is 6.38. The second kappa shape index (κ2) is 5.68. The molecule has 2 aromatic carbocycles. The van der Waals surface area contributed by atoms with E-state index in [1.54, 1.807) is 6.21 Å². The van der Waals surface area contributed by atoms with E-state index in [9.17, 15) is 5.11 Å². The Balaban J connectivity index is 1.95. The summed E-state index contributed by atoms with van der Waals surface area (Å²) in [5, 5.41) is 11.1. The van der Waals surface area contributed by atoms with Gasteiger partial charge >= 0.3 is 0 Å². The molecule has 0 bridgehead atoms. The lowest BCUT2D eigenvalue weighted by Crippen LogP contribution is -1.85. The van der Waals surface area contributed by atoms with Crippen LogP contribution >= 0.6 is 0 Å². The maximum absolute atomic E-state index is 10.1. The number of aromatic nitrogens is 1. The lowest BCUT2D eigenvalue weighted by Gasteiger charge is -2.04. The first-order valence-corrected chi connectivity index (χ1v) is 7.50. The molecule has 0 saturated heterocycles. The summed E-state index contributed by atoms with van der Waals surface area (Å²) < 4.78 is 0. The first-order valence-electron chi connectivity index (χ1n) is 7.50. The molecule has 0 spiro atoms. The van der Waals surface area contributed by atoms with Crippen LogP contribution in [0.15, 0.2) is 47.5 Å². The summed E-state index contributed by atoms with van der Waals surface area (Å²) in [6.07, 6.45) is 1.72. The first-order chi connectivity index (χ1) is 10.5. The fraction of sp³-hybridized carbons (Fsp3) is 0.211. The van der Waals surface area contributed by atoms with E-state index in [0.29, 0.717) is 5.92 Å². The van der Waals surface area contributed by atoms with Crippen molar-refractivity contribution in [3.05, 3.63) is 59.2 Å². The molecule has 3 nitrogen and oxygen atoms in total. The average Bonchev–Trinajstić information content (AvgIpc) is 2.80. The number of benzene rings is 2. The number of nitrogens with zero attached hydrogens (tertiary/aromatic N) is 1. The molecule has 2 N–H and O–H groups in total. The van der Waals surface area contributed by atoms with Crippen molar-refractivity contribution in [1.82, 2.24) is 4.98 Å².